The fraction of sp³-hybridized carbons (Fsp3) is 0.389. The van der Waals surface area contributed by atoms with Crippen LogP contribution in [0.25, 0.3) is 0 Å². The van der Waals surface area contributed by atoms with Crippen molar-refractivity contribution in [3.8, 4) is 0 Å². The first-order valence-corrected chi connectivity index (χ1v) is 8.53. The van der Waals surface area contributed by atoms with Crippen LogP contribution in [0.5, 0.6) is 0 Å². The monoisotopic (exact) mass is 341 g/mol. The minimum atomic E-state index is -0.328. The predicted octanol–water partition coefficient (Wildman–Crippen LogP) is 3.08. The number of anilines is 4. The van der Waals surface area contributed by atoms with Crippen molar-refractivity contribution in [2.45, 2.75) is 32.8 Å². The number of hydrogen-bond acceptors (Lipinski definition) is 6. The van der Waals surface area contributed by atoms with Crippen LogP contribution in [0.3, 0.4) is 0 Å². The minimum absolute atomic E-state index is 0.0834. The highest BCUT2D eigenvalue weighted by atomic mass is 16.5. The molecule has 2 heterocycles. The summed E-state index contributed by atoms with van der Waals surface area (Å²) in [6.07, 6.45) is 1.40. The molecule has 1 amide bonds. The number of aryl methyl sites for hydroxylation is 1. The second-order valence-electron chi connectivity index (χ2n) is 5.94. The predicted molar refractivity (Wildman–Crippen MR) is 98.3 cm³/mol. The van der Waals surface area contributed by atoms with Gasteiger partial charge in [-0.15, -0.1) is 0 Å². The standard InChI is InChI=1S/C18H23N5O2/c1-3-19-18-20-12(2)11-16(23-18)21-13-6-8-14(9-7-13)22-17(24)15-5-4-10-25-15/h6-9,11,15H,3-5,10H2,1-2H3,(H,22,24)(H2,19,20,21,23)/t15-/m0/s1. The zero-order valence-electron chi connectivity index (χ0n) is 14.5. The summed E-state index contributed by atoms with van der Waals surface area (Å²) in [4.78, 5) is 20.8. The van der Waals surface area contributed by atoms with Gasteiger partial charge >= 0.3 is 0 Å². The smallest absolute Gasteiger partial charge is 0.253 e. The maximum Gasteiger partial charge on any atom is 0.253 e. The van der Waals surface area contributed by atoms with E-state index >= 15 is 0 Å². The number of benzene rings is 1. The zero-order chi connectivity index (χ0) is 17.6. The van der Waals surface area contributed by atoms with Crippen LogP contribution < -0.4 is 16.0 Å². The summed E-state index contributed by atoms with van der Waals surface area (Å²) >= 11 is 0. The van der Waals surface area contributed by atoms with Gasteiger partial charge < -0.3 is 20.7 Å². The third-order valence-electron chi connectivity index (χ3n) is 3.84. The van der Waals surface area contributed by atoms with Gasteiger partial charge in [-0.25, -0.2) is 4.98 Å². The number of amides is 1. The average molecular weight is 341 g/mol. The van der Waals surface area contributed by atoms with Gasteiger partial charge in [0.1, 0.15) is 11.9 Å². The van der Waals surface area contributed by atoms with Gasteiger partial charge in [-0.2, -0.15) is 4.98 Å². The molecule has 1 atom stereocenters. The molecule has 3 N–H and O–H groups in total. The normalized spacial score (nSPS) is 16.5. The van der Waals surface area contributed by atoms with Crippen molar-refractivity contribution < 1.29 is 9.53 Å². The molecule has 0 saturated carbocycles. The van der Waals surface area contributed by atoms with E-state index in [1.54, 1.807) is 0 Å². The highest BCUT2D eigenvalue weighted by molar-refractivity contribution is 5.94. The molecule has 1 saturated heterocycles. The summed E-state index contributed by atoms with van der Waals surface area (Å²) in [6.45, 7) is 5.36. The number of aromatic nitrogens is 2. The molecule has 2 aromatic rings. The van der Waals surface area contributed by atoms with Gasteiger partial charge in [-0.1, -0.05) is 0 Å². The molecule has 0 unspecified atom stereocenters. The number of ether oxygens (including phenoxy) is 1. The number of hydrogen-bond donors (Lipinski definition) is 3. The molecule has 1 fully saturated rings. The van der Waals surface area contributed by atoms with Crippen LogP contribution in [0.2, 0.25) is 0 Å². The van der Waals surface area contributed by atoms with Crippen molar-refractivity contribution in [3.63, 3.8) is 0 Å². The van der Waals surface area contributed by atoms with E-state index in [0.29, 0.717) is 12.6 Å². The van der Waals surface area contributed by atoms with Gasteiger partial charge in [0, 0.05) is 36.3 Å². The molecule has 0 aliphatic carbocycles. The fourth-order valence-electron chi connectivity index (χ4n) is 2.66. The van der Waals surface area contributed by atoms with Crippen LogP contribution in [0, 0.1) is 6.92 Å². The molecule has 1 aromatic carbocycles. The molecule has 0 spiro atoms. The first kappa shape index (κ1) is 17.2. The lowest BCUT2D eigenvalue weighted by Gasteiger charge is -2.12. The number of carbonyl (C=O) groups is 1. The van der Waals surface area contributed by atoms with Crippen LogP contribution in [-0.2, 0) is 9.53 Å². The number of rotatable bonds is 6. The molecule has 3 rings (SSSR count). The first-order valence-electron chi connectivity index (χ1n) is 8.53. The molecule has 0 radical (unpaired) electrons. The lowest BCUT2D eigenvalue weighted by atomic mass is 10.2. The Morgan fingerprint density at radius 2 is 2.00 bits per heavy atom. The van der Waals surface area contributed by atoms with Gasteiger partial charge in [-0.3, -0.25) is 4.79 Å². The summed E-state index contributed by atoms with van der Waals surface area (Å²) in [5.74, 6) is 1.24. The van der Waals surface area contributed by atoms with Crippen LogP contribution in [-0.4, -0.2) is 35.1 Å². The zero-order valence-corrected chi connectivity index (χ0v) is 14.5. The summed E-state index contributed by atoms with van der Waals surface area (Å²) < 4.78 is 5.39. The number of nitrogens with one attached hydrogen (secondary N) is 3. The quantitative estimate of drug-likeness (QED) is 0.748. The van der Waals surface area contributed by atoms with Crippen LogP contribution >= 0.6 is 0 Å². The van der Waals surface area contributed by atoms with Crippen molar-refractivity contribution >= 4 is 29.0 Å². The van der Waals surface area contributed by atoms with E-state index in [0.717, 1.165) is 42.3 Å². The van der Waals surface area contributed by atoms with E-state index in [-0.39, 0.29) is 12.0 Å². The first-order chi connectivity index (χ1) is 12.1. The summed E-state index contributed by atoms with van der Waals surface area (Å²) in [6, 6.07) is 9.39. The Kier molecular flexibility index (Phi) is 5.45. The lowest BCUT2D eigenvalue weighted by molar-refractivity contribution is -0.124. The Hall–Kier alpha value is -2.67. The Morgan fingerprint density at radius 1 is 1.24 bits per heavy atom. The number of carbonyl (C=O) groups excluding carboxylic acids is 1. The van der Waals surface area contributed by atoms with Crippen LogP contribution in [0.1, 0.15) is 25.5 Å². The largest absolute Gasteiger partial charge is 0.368 e. The summed E-state index contributed by atoms with van der Waals surface area (Å²) in [5, 5.41) is 9.24. The average Bonchev–Trinajstić information content (AvgIpc) is 3.11. The van der Waals surface area contributed by atoms with E-state index in [9.17, 15) is 4.79 Å². The molecule has 0 bridgehead atoms. The van der Waals surface area contributed by atoms with E-state index in [1.807, 2.05) is 44.2 Å². The maximum absolute atomic E-state index is 12.1. The van der Waals surface area contributed by atoms with E-state index in [2.05, 4.69) is 25.9 Å². The molecular weight excluding hydrogens is 318 g/mol. The number of nitrogens with zero attached hydrogens (tertiary/aromatic N) is 2. The summed E-state index contributed by atoms with van der Waals surface area (Å²) in [5.41, 5.74) is 2.52. The van der Waals surface area contributed by atoms with Gasteiger partial charge in [0.05, 0.1) is 0 Å². The Balaban J connectivity index is 1.63. The van der Waals surface area contributed by atoms with Gasteiger partial charge in [0.15, 0.2) is 0 Å². The third-order valence-corrected chi connectivity index (χ3v) is 3.84. The highest BCUT2D eigenvalue weighted by Crippen LogP contribution is 2.20. The molecule has 25 heavy (non-hydrogen) atoms. The Bertz CT molecular complexity index is 727. The van der Waals surface area contributed by atoms with Gasteiger partial charge in [-0.05, 0) is 51.0 Å². The second-order valence-corrected chi connectivity index (χ2v) is 5.94. The van der Waals surface area contributed by atoms with E-state index in [4.69, 9.17) is 4.74 Å². The van der Waals surface area contributed by atoms with Crippen molar-refractivity contribution in [2.75, 3.05) is 29.1 Å². The van der Waals surface area contributed by atoms with Crippen LogP contribution in [0.15, 0.2) is 30.3 Å². The highest BCUT2D eigenvalue weighted by Gasteiger charge is 2.23. The SMILES string of the molecule is CCNc1nc(C)cc(Nc2ccc(NC(=O)[C@@H]3CCCO3)cc2)n1. The van der Waals surface area contributed by atoms with Crippen molar-refractivity contribution in [1.82, 2.24) is 9.97 Å². The van der Waals surface area contributed by atoms with Gasteiger partial charge in [0.2, 0.25) is 5.95 Å². The lowest BCUT2D eigenvalue weighted by Crippen LogP contribution is -2.26. The fourth-order valence-corrected chi connectivity index (χ4v) is 2.66. The molecule has 1 aromatic heterocycles. The molecule has 7 heteroatoms. The molecule has 132 valence electrons. The topological polar surface area (TPSA) is 88.2 Å². The van der Waals surface area contributed by atoms with Crippen molar-refractivity contribution in [1.29, 1.82) is 0 Å². The van der Waals surface area contributed by atoms with Crippen LogP contribution in [0.4, 0.5) is 23.1 Å². The van der Waals surface area contributed by atoms with Crippen molar-refractivity contribution in [2.24, 2.45) is 0 Å². The maximum atomic E-state index is 12.1. The van der Waals surface area contributed by atoms with E-state index in [1.165, 1.54) is 0 Å². The summed E-state index contributed by atoms with van der Waals surface area (Å²) in [7, 11) is 0. The van der Waals surface area contributed by atoms with Crippen molar-refractivity contribution in [3.05, 3.63) is 36.0 Å². The van der Waals surface area contributed by atoms with Gasteiger partial charge in [0.25, 0.3) is 5.91 Å². The van der Waals surface area contributed by atoms with E-state index < -0.39 is 0 Å². The second kappa shape index (κ2) is 7.94. The molecule has 1 aliphatic heterocycles. The minimum Gasteiger partial charge on any atom is -0.368 e. The molecular formula is C18H23N5O2. The Morgan fingerprint density at radius 3 is 2.68 bits per heavy atom. The molecule has 1 aliphatic rings. The Labute approximate surface area is 147 Å². The third kappa shape index (κ3) is 4.67. The molecule has 7 nitrogen and oxygen atoms in total.